The molecule has 0 aliphatic heterocycles. The Kier molecular flexibility index (Phi) is 4.17. The van der Waals surface area contributed by atoms with E-state index >= 15 is 0 Å². The Hall–Kier alpha value is -1.87. The van der Waals surface area contributed by atoms with Crippen molar-refractivity contribution >= 4 is 0 Å². The van der Waals surface area contributed by atoms with Gasteiger partial charge in [-0.25, -0.2) is 4.39 Å². The molecule has 0 bridgehead atoms. The van der Waals surface area contributed by atoms with Crippen LogP contribution in [-0.2, 0) is 6.42 Å². The van der Waals surface area contributed by atoms with E-state index in [9.17, 15) is 4.39 Å². The first-order valence-electron chi connectivity index (χ1n) is 6.34. The van der Waals surface area contributed by atoms with Crippen molar-refractivity contribution in [2.45, 2.75) is 26.3 Å². The normalized spacial score (nSPS) is 12.2. The molecule has 2 aromatic carbocycles. The minimum atomic E-state index is -0.262. The zero-order chi connectivity index (χ0) is 13.8. The van der Waals surface area contributed by atoms with Gasteiger partial charge in [0.25, 0.3) is 0 Å². The van der Waals surface area contributed by atoms with Gasteiger partial charge in [0, 0.05) is 12.1 Å². The molecule has 2 aromatic rings. The second kappa shape index (κ2) is 5.85. The molecule has 2 rings (SSSR count). The van der Waals surface area contributed by atoms with Crippen molar-refractivity contribution < 1.29 is 9.13 Å². The van der Waals surface area contributed by atoms with E-state index in [0.717, 1.165) is 17.7 Å². The van der Waals surface area contributed by atoms with Crippen molar-refractivity contribution in [3.8, 4) is 11.5 Å². The lowest BCUT2D eigenvalue weighted by molar-refractivity contribution is 0.468. The lowest BCUT2D eigenvalue weighted by Gasteiger charge is -2.13. The van der Waals surface area contributed by atoms with Crippen LogP contribution in [0.1, 0.15) is 18.1 Å². The first kappa shape index (κ1) is 13.6. The van der Waals surface area contributed by atoms with Crippen molar-refractivity contribution in [1.82, 2.24) is 0 Å². The standard InChI is InChI=1S/C16H18FNO/c1-11-7-8-14(10-15(11)17)19-16-6-4-3-5-13(16)9-12(2)18/h3-8,10,12H,9,18H2,1-2H3. The van der Waals surface area contributed by atoms with Gasteiger partial charge in [0.1, 0.15) is 17.3 Å². The van der Waals surface area contributed by atoms with E-state index in [1.54, 1.807) is 19.1 Å². The summed E-state index contributed by atoms with van der Waals surface area (Å²) in [6.45, 7) is 3.67. The van der Waals surface area contributed by atoms with Crippen LogP contribution in [0.25, 0.3) is 0 Å². The molecule has 1 unspecified atom stereocenters. The zero-order valence-electron chi connectivity index (χ0n) is 11.2. The Balaban J connectivity index is 2.25. The molecule has 0 aliphatic rings. The van der Waals surface area contributed by atoms with E-state index in [2.05, 4.69) is 0 Å². The summed E-state index contributed by atoms with van der Waals surface area (Å²) in [6, 6.07) is 12.6. The van der Waals surface area contributed by atoms with Gasteiger partial charge in [-0.1, -0.05) is 24.3 Å². The summed E-state index contributed by atoms with van der Waals surface area (Å²) in [5.74, 6) is 0.963. The van der Waals surface area contributed by atoms with E-state index in [0.29, 0.717) is 11.3 Å². The summed E-state index contributed by atoms with van der Waals surface area (Å²) >= 11 is 0. The minimum absolute atomic E-state index is 0.0551. The number of aryl methyl sites for hydroxylation is 1. The summed E-state index contributed by atoms with van der Waals surface area (Å²) in [7, 11) is 0. The van der Waals surface area contributed by atoms with Crippen LogP contribution in [-0.4, -0.2) is 6.04 Å². The third-order valence-electron chi connectivity index (χ3n) is 2.89. The molecule has 0 saturated heterocycles. The van der Waals surface area contributed by atoms with Crippen molar-refractivity contribution in [2.75, 3.05) is 0 Å². The molecule has 0 fully saturated rings. The first-order chi connectivity index (χ1) is 9.06. The van der Waals surface area contributed by atoms with Crippen LogP contribution in [0.2, 0.25) is 0 Å². The highest BCUT2D eigenvalue weighted by Crippen LogP contribution is 2.27. The maximum absolute atomic E-state index is 13.5. The van der Waals surface area contributed by atoms with Crippen molar-refractivity contribution in [1.29, 1.82) is 0 Å². The van der Waals surface area contributed by atoms with Crippen LogP contribution >= 0.6 is 0 Å². The monoisotopic (exact) mass is 259 g/mol. The van der Waals surface area contributed by atoms with Crippen LogP contribution in [0.4, 0.5) is 4.39 Å². The number of hydrogen-bond acceptors (Lipinski definition) is 2. The fourth-order valence-corrected chi connectivity index (χ4v) is 1.88. The van der Waals surface area contributed by atoms with E-state index in [-0.39, 0.29) is 11.9 Å². The Morgan fingerprint density at radius 2 is 1.95 bits per heavy atom. The van der Waals surface area contributed by atoms with Crippen LogP contribution < -0.4 is 10.5 Å². The quantitative estimate of drug-likeness (QED) is 0.906. The van der Waals surface area contributed by atoms with Crippen molar-refractivity contribution in [3.05, 3.63) is 59.4 Å². The molecule has 0 radical (unpaired) electrons. The SMILES string of the molecule is Cc1ccc(Oc2ccccc2CC(C)N)cc1F. The number of hydrogen-bond donors (Lipinski definition) is 1. The van der Waals surface area contributed by atoms with Gasteiger partial charge >= 0.3 is 0 Å². The number of ether oxygens (including phenoxy) is 1. The highest BCUT2D eigenvalue weighted by Gasteiger charge is 2.07. The van der Waals surface area contributed by atoms with E-state index in [1.165, 1.54) is 6.07 Å². The fourth-order valence-electron chi connectivity index (χ4n) is 1.88. The maximum atomic E-state index is 13.5. The van der Waals surface area contributed by atoms with Crippen LogP contribution in [0, 0.1) is 12.7 Å². The molecular formula is C16H18FNO. The smallest absolute Gasteiger partial charge is 0.130 e. The molecule has 0 saturated carbocycles. The summed E-state index contributed by atoms with van der Waals surface area (Å²) in [5, 5.41) is 0. The average Bonchev–Trinajstić information content (AvgIpc) is 2.36. The fraction of sp³-hybridized carbons (Fsp3) is 0.250. The second-order valence-electron chi connectivity index (χ2n) is 4.80. The van der Waals surface area contributed by atoms with Gasteiger partial charge in [-0.3, -0.25) is 0 Å². The van der Waals surface area contributed by atoms with Gasteiger partial charge in [-0.2, -0.15) is 0 Å². The minimum Gasteiger partial charge on any atom is -0.457 e. The maximum Gasteiger partial charge on any atom is 0.130 e. The molecule has 0 heterocycles. The predicted molar refractivity (Wildman–Crippen MR) is 75.0 cm³/mol. The van der Waals surface area contributed by atoms with Gasteiger partial charge in [-0.15, -0.1) is 0 Å². The molecule has 0 amide bonds. The summed E-state index contributed by atoms with van der Waals surface area (Å²) in [5.41, 5.74) is 7.45. The number of rotatable bonds is 4. The number of para-hydroxylation sites is 1. The Morgan fingerprint density at radius 1 is 1.21 bits per heavy atom. The summed E-state index contributed by atoms with van der Waals surface area (Å²) in [6.07, 6.45) is 0.727. The van der Waals surface area contributed by atoms with Crippen LogP contribution in [0.15, 0.2) is 42.5 Å². The van der Waals surface area contributed by atoms with E-state index in [4.69, 9.17) is 10.5 Å². The number of benzene rings is 2. The molecule has 2 N–H and O–H groups in total. The van der Waals surface area contributed by atoms with Crippen LogP contribution in [0.3, 0.4) is 0 Å². The van der Waals surface area contributed by atoms with Crippen molar-refractivity contribution in [2.24, 2.45) is 5.73 Å². The molecule has 0 spiro atoms. The molecule has 19 heavy (non-hydrogen) atoms. The highest BCUT2D eigenvalue weighted by molar-refractivity contribution is 5.39. The molecule has 3 heteroatoms. The average molecular weight is 259 g/mol. The second-order valence-corrected chi connectivity index (χ2v) is 4.80. The molecule has 0 aromatic heterocycles. The first-order valence-corrected chi connectivity index (χ1v) is 6.34. The van der Waals surface area contributed by atoms with Gasteiger partial charge in [-0.05, 0) is 43.5 Å². The predicted octanol–water partition coefficient (Wildman–Crippen LogP) is 3.82. The number of nitrogens with two attached hydrogens (primary N) is 1. The molecule has 1 atom stereocenters. The van der Waals surface area contributed by atoms with Crippen LogP contribution in [0.5, 0.6) is 11.5 Å². The van der Waals surface area contributed by atoms with Crippen molar-refractivity contribution in [3.63, 3.8) is 0 Å². The number of halogens is 1. The summed E-state index contributed by atoms with van der Waals surface area (Å²) < 4.78 is 19.2. The zero-order valence-corrected chi connectivity index (χ0v) is 11.2. The van der Waals surface area contributed by atoms with Gasteiger partial charge in [0.05, 0.1) is 0 Å². The molecule has 2 nitrogen and oxygen atoms in total. The Morgan fingerprint density at radius 3 is 2.63 bits per heavy atom. The molecular weight excluding hydrogens is 241 g/mol. The van der Waals surface area contributed by atoms with Gasteiger partial charge < -0.3 is 10.5 Å². The van der Waals surface area contributed by atoms with Gasteiger partial charge in [0.15, 0.2) is 0 Å². The largest absolute Gasteiger partial charge is 0.457 e. The molecule has 100 valence electrons. The highest BCUT2D eigenvalue weighted by atomic mass is 19.1. The third kappa shape index (κ3) is 3.55. The van der Waals surface area contributed by atoms with E-state index in [1.807, 2.05) is 31.2 Å². The Bertz CT molecular complexity index is 566. The van der Waals surface area contributed by atoms with Gasteiger partial charge in [0.2, 0.25) is 0 Å². The van der Waals surface area contributed by atoms with E-state index < -0.39 is 0 Å². The third-order valence-corrected chi connectivity index (χ3v) is 2.89. The topological polar surface area (TPSA) is 35.2 Å². The summed E-state index contributed by atoms with van der Waals surface area (Å²) in [4.78, 5) is 0. The Labute approximate surface area is 113 Å². The lowest BCUT2D eigenvalue weighted by atomic mass is 10.1. The molecule has 0 aliphatic carbocycles. The lowest BCUT2D eigenvalue weighted by Crippen LogP contribution is -2.18.